The van der Waals surface area contributed by atoms with Crippen LogP contribution in [0.25, 0.3) is 11.0 Å². The van der Waals surface area contributed by atoms with Gasteiger partial charge >= 0.3 is 0 Å². The van der Waals surface area contributed by atoms with Gasteiger partial charge in [-0.2, -0.15) is 0 Å². The molecule has 4 rings (SSSR count). The molecule has 0 radical (unpaired) electrons. The Hall–Kier alpha value is -2.12. The van der Waals surface area contributed by atoms with E-state index in [-0.39, 0.29) is 5.76 Å². The van der Waals surface area contributed by atoms with Gasteiger partial charge in [-0.25, -0.2) is 0 Å². The zero-order valence-corrected chi connectivity index (χ0v) is 16.4. The fourth-order valence-corrected chi connectivity index (χ4v) is 3.23. The number of fused-ring (bicyclic) bond motifs is 1. The second-order valence-corrected chi connectivity index (χ2v) is 7.38. The van der Waals surface area contributed by atoms with Gasteiger partial charge in [0.25, 0.3) is 0 Å². The summed E-state index contributed by atoms with van der Waals surface area (Å²) in [6, 6.07) is 6.72. The molecule has 6 nitrogen and oxygen atoms in total. The van der Waals surface area contributed by atoms with Gasteiger partial charge in [-0.05, 0) is 59.9 Å². The minimum atomic E-state index is 0.240. The van der Waals surface area contributed by atoms with Gasteiger partial charge in [0.2, 0.25) is 0 Å². The van der Waals surface area contributed by atoms with E-state index in [1.165, 1.54) is 19.4 Å². The Morgan fingerprint density at radius 2 is 2.08 bits per heavy atom. The van der Waals surface area contributed by atoms with Crippen molar-refractivity contribution in [3.8, 4) is 0 Å². The van der Waals surface area contributed by atoms with E-state index in [2.05, 4.69) is 48.8 Å². The van der Waals surface area contributed by atoms with E-state index in [0.29, 0.717) is 18.8 Å². The summed E-state index contributed by atoms with van der Waals surface area (Å²) in [6.45, 7) is 4.67. The van der Waals surface area contributed by atoms with E-state index in [1.54, 1.807) is 18.6 Å². The van der Waals surface area contributed by atoms with Gasteiger partial charge in [0.15, 0.2) is 5.76 Å². The molecule has 0 spiro atoms. The van der Waals surface area contributed by atoms with Crippen LogP contribution in [0.5, 0.6) is 0 Å². The molecule has 138 valence electrons. The smallest absolute Gasteiger partial charge is 0.152 e. The molecule has 2 aliphatic heterocycles. The zero-order valence-electron chi connectivity index (χ0n) is 14.8. The first kappa shape index (κ1) is 18.7. The maximum atomic E-state index is 9.93. The van der Waals surface area contributed by atoms with E-state index in [1.807, 2.05) is 18.2 Å². The lowest BCUT2D eigenvalue weighted by atomic mass is 10.2. The molecule has 2 aliphatic rings. The van der Waals surface area contributed by atoms with Gasteiger partial charge in [0.05, 0.1) is 21.2 Å². The first-order valence-electron chi connectivity index (χ1n) is 8.82. The topological polar surface area (TPSA) is 82.1 Å². The van der Waals surface area contributed by atoms with Crippen LogP contribution in [0.1, 0.15) is 25.3 Å². The summed E-state index contributed by atoms with van der Waals surface area (Å²) < 4.78 is 0.742. The molecule has 1 saturated heterocycles. The van der Waals surface area contributed by atoms with Gasteiger partial charge in [-0.1, -0.05) is 6.07 Å². The van der Waals surface area contributed by atoms with E-state index >= 15 is 0 Å². The minimum Gasteiger partial charge on any atom is -0.505 e. The van der Waals surface area contributed by atoms with E-state index in [9.17, 15) is 5.11 Å². The Bertz CT molecular complexity index is 814. The highest BCUT2D eigenvalue weighted by molar-refractivity contribution is 9.11. The molecule has 1 aromatic heterocycles. The highest BCUT2D eigenvalue weighted by atomic mass is 79.9. The molecule has 0 amide bonds. The number of nitrogens with one attached hydrogen (secondary N) is 3. The fraction of sp³-hybridized carbons (Fsp3) is 0.368. The lowest BCUT2D eigenvalue weighted by Crippen LogP contribution is -2.24. The quantitative estimate of drug-likeness (QED) is 0.614. The van der Waals surface area contributed by atoms with Crippen molar-refractivity contribution in [2.24, 2.45) is 0 Å². The van der Waals surface area contributed by atoms with Crippen LogP contribution in [0.2, 0.25) is 0 Å². The summed E-state index contributed by atoms with van der Waals surface area (Å²) in [5, 5.41) is 19.5. The molecule has 7 heteroatoms. The third kappa shape index (κ3) is 4.95. The number of dihydropyridines is 1. The van der Waals surface area contributed by atoms with E-state index < -0.39 is 0 Å². The minimum absolute atomic E-state index is 0.240. The first-order valence-corrected chi connectivity index (χ1v) is 9.61. The van der Waals surface area contributed by atoms with Crippen molar-refractivity contribution < 1.29 is 5.11 Å². The summed E-state index contributed by atoms with van der Waals surface area (Å²) in [6.07, 6.45) is 7.88. The van der Waals surface area contributed by atoms with Crippen molar-refractivity contribution in [2.75, 3.05) is 13.1 Å². The average molecular weight is 418 g/mol. The summed E-state index contributed by atoms with van der Waals surface area (Å²) >= 11 is 3.32. The Kier molecular flexibility index (Phi) is 6.46. The maximum absolute atomic E-state index is 9.93. The first-order chi connectivity index (χ1) is 12.6. The Morgan fingerprint density at radius 3 is 2.77 bits per heavy atom. The second-order valence-electron chi connectivity index (χ2n) is 6.42. The predicted octanol–water partition coefficient (Wildman–Crippen LogP) is 3.09. The van der Waals surface area contributed by atoms with Crippen LogP contribution in [0.4, 0.5) is 0 Å². The van der Waals surface area contributed by atoms with Crippen LogP contribution in [0.15, 0.2) is 52.7 Å². The highest BCUT2D eigenvalue weighted by Gasteiger charge is 2.12. The number of aromatic nitrogens is 2. The van der Waals surface area contributed by atoms with Crippen LogP contribution in [0, 0.1) is 0 Å². The monoisotopic (exact) mass is 417 g/mol. The Balaban J connectivity index is 0.000000278. The number of aliphatic hydroxyl groups is 1. The molecule has 1 aromatic carbocycles. The average Bonchev–Trinajstić information content (AvgIpc) is 3.14. The number of nitrogens with zero attached hydrogens (tertiary/aromatic N) is 2. The number of rotatable bonds is 3. The lowest BCUT2D eigenvalue weighted by molar-refractivity contribution is 0.405. The van der Waals surface area contributed by atoms with E-state index in [0.717, 1.165) is 27.1 Å². The van der Waals surface area contributed by atoms with Crippen LogP contribution in [-0.2, 0) is 6.54 Å². The molecule has 4 N–H and O–H groups in total. The van der Waals surface area contributed by atoms with Gasteiger partial charge in [0.1, 0.15) is 0 Å². The van der Waals surface area contributed by atoms with Crippen LogP contribution in [0.3, 0.4) is 0 Å². The molecule has 26 heavy (non-hydrogen) atoms. The molecule has 1 fully saturated rings. The van der Waals surface area contributed by atoms with Gasteiger partial charge in [-0.3, -0.25) is 9.97 Å². The number of halogens is 1. The van der Waals surface area contributed by atoms with Crippen LogP contribution >= 0.6 is 15.9 Å². The third-order valence-corrected chi connectivity index (χ3v) is 5.00. The Labute approximate surface area is 161 Å². The largest absolute Gasteiger partial charge is 0.505 e. The number of hydrogen-bond donors (Lipinski definition) is 4. The molecular weight excluding hydrogens is 394 g/mol. The Morgan fingerprint density at radius 1 is 1.27 bits per heavy atom. The van der Waals surface area contributed by atoms with Crippen molar-refractivity contribution in [2.45, 2.75) is 32.4 Å². The molecule has 0 aliphatic carbocycles. The van der Waals surface area contributed by atoms with Crippen molar-refractivity contribution in [3.05, 3.63) is 58.3 Å². The lowest BCUT2D eigenvalue weighted by Gasteiger charge is -2.17. The van der Waals surface area contributed by atoms with Crippen molar-refractivity contribution in [3.63, 3.8) is 0 Å². The van der Waals surface area contributed by atoms with Gasteiger partial charge in [-0.15, -0.1) is 0 Å². The number of aliphatic hydroxyl groups excluding tert-OH is 1. The van der Waals surface area contributed by atoms with Crippen LogP contribution < -0.4 is 16.0 Å². The zero-order chi connectivity index (χ0) is 18.4. The predicted molar refractivity (Wildman–Crippen MR) is 108 cm³/mol. The SMILES string of the molecule is CC1CCCN1.OC1=C(Br)CNC=C1NCc1ccc2nccnc2c1. The second kappa shape index (κ2) is 9.00. The summed E-state index contributed by atoms with van der Waals surface area (Å²) in [7, 11) is 0. The number of hydrogen-bond acceptors (Lipinski definition) is 6. The maximum Gasteiger partial charge on any atom is 0.152 e. The van der Waals surface area contributed by atoms with Gasteiger partial charge < -0.3 is 21.1 Å². The van der Waals surface area contributed by atoms with Crippen molar-refractivity contribution >= 4 is 27.0 Å². The summed E-state index contributed by atoms with van der Waals surface area (Å²) in [5.41, 5.74) is 3.49. The number of benzene rings is 1. The summed E-state index contributed by atoms with van der Waals surface area (Å²) in [5.74, 6) is 0.240. The summed E-state index contributed by atoms with van der Waals surface area (Å²) in [4.78, 5) is 8.52. The van der Waals surface area contributed by atoms with Gasteiger partial charge in [0, 0.05) is 37.7 Å². The third-order valence-electron chi connectivity index (χ3n) is 4.34. The highest BCUT2D eigenvalue weighted by Crippen LogP contribution is 2.18. The van der Waals surface area contributed by atoms with Crippen LogP contribution in [-0.4, -0.2) is 34.2 Å². The fourth-order valence-electron chi connectivity index (χ4n) is 2.85. The molecule has 2 aromatic rings. The molecule has 0 saturated carbocycles. The molecule has 0 bridgehead atoms. The standard InChI is InChI=1S/C14H13BrN4O.C5H11N/c15-10-7-16-8-13(14(10)20)19-6-9-1-2-11-12(5-9)18-4-3-17-11;1-5-3-2-4-6-5/h1-5,8,16,19-20H,6-7H2;5-6H,2-4H2,1H3. The molecule has 1 atom stereocenters. The van der Waals surface area contributed by atoms with Crippen molar-refractivity contribution in [1.82, 2.24) is 25.9 Å². The molecule has 1 unspecified atom stereocenters. The molecule has 3 heterocycles. The normalized spacial score (nSPS) is 19.5. The molecular formula is C19H24BrN5O. The van der Waals surface area contributed by atoms with Crippen molar-refractivity contribution in [1.29, 1.82) is 0 Å². The van der Waals surface area contributed by atoms with E-state index in [4.69, 9.17) is 0 Å².